The predicted molar refractivity (Wildman–Crippen MR) is 64.8 cm³/mol. The van der Waals surface area contributed by atoms with Crippen LogP contribution < -0.4 is 10.9 Å². The van der Waals surface area contributed by atoms with Crippen molar-refractivity contribution in [1.29, 1.82) is 0 Å². The van der Waals surface area contributed by atoms with Gasteiger partial charge in [0, 0.05) is 12.7 Å². The third kappa shape index (κ3) is 4.06. The zero-order valence-corrected chi connectivity index (χ0v) is 10.4. The molecular formula is C12H16N2O4. The van der Waals surface area contributed by atoms with E-state index in [2.05, 4.69) is 15.6 Å². The van der Waals surface area contributed by atoms with Gasteiger partial charge in [0.15, 0.2) is 0 Å². The van der Waals surface area contributed by atoms with Gasteiger partial charge in [-0.05, 0) is 18.6 Å². The minimum Gasteiger partial charge on any atom is -0.449 e. The van der Waals surface area contributed by atoms with Crippen LogP contribution in [0.2, 0.25) is 0 Å². The molecule has 2 N–H and O–H groups in total. The molecule has 0 aromatic heterocycles. The van der Waals surface area contributed by atoms with Gasteiger partial charge in [0.25, 0.3) is 5.91 Å². The standard InChI is InChI=1S/C12H16N2O4/c1-3-18-12(16)14-13-11(15)10-7-5-4-6-9(10)8-17-2/h4-7H,3,8H2,1-2H3,(H,13,15)(H,14,16). The summed E-state index contributed by atoms with van der Waals surface area (Å²) in [5.41, 5.74) is 5.59. The average molecular weight is 252 g/mol. The van der Waals surface area contributed by atoms with Crippen molar-refractivity contribution < 1.29 is 19.1 Å². The molecule has 0 aliphatic heterocycles. The van der Waals surface area contributed by atoms with Crippen LogP contribution in [-0.4, -0.2) is 25.7 Å². The molecule has 6 heteroatoms. The molecule has 1 aromatic carbocycles. The van der Waals surface area contributed by atoms with Crippen LogP contribution >= 0.6 is 0 Å². The number of hydrogen-bond acceptors (Lipinski definition) is 4. The molecule has 0 unspecified atom stereocenters. The zero-order chi connectivity index (χ0) is 13.4. The lowest BCUT2D eigenvalue weighted by molar-refractivity contribution is 0.0908. The molecule has 0 bridgehead atoms. The summed E-state index contributed by atoms with van der Waals surface area (Å²) in [6, 6.07) is 6.97. The second-order valence-corrected chi connectivity index (χ2v) is 3.39. The van der Waals surface area contributed by atoms with E-state index in [1.807, 2.05) is 6.07 Å². The quantitative estimate of drug-likeness (QED) is 0.790. The van der Waals surface area contributed by atoms with Crippen molar-refractivity contribution in [1.82, 2.24) is 10.9 Å². The van der Waals surface area contributed by atoms with E-state index in [1.165, 1.54) is 0 Å². The lowest BCUT2D eigenvalue weighted by atomic mass is 10.1. The van der Waals surface area contributed by atoms with Crippen LogP contribution in [-0.2, 0) is 16.1 Å². The molecule has 0 heterocycles. The second kappa shape index (κ2) is 7.29. The van der Waals surface area contributed by atoms with Crippen LogP contribution in [0.4, 0.5) is 4.79 Å². The molecule has 1 rings (SSSR count). The summed E-state index contributed by atoms with van der Waals surface area (Å²) in [7, 11) is 1.55. The smallest absolute Gasteiger partial charge is 0.426 e. The van der Waals surface area contributed by atoms with Gasteiger partial charge in [-0.15, -0.1) is 0 Å². The third-order valence-corrected chi connectivity index (χ3v) is 2.12. The highest BCUT2D eigenvalue weighted by Gasteiger charge is 2.11. The van der Waals surface area contributed by atoms with Crippen molar-refractivity contribution >= 4 is 12.0 Å². The van der Waals surface area contributed by atoms with Gasteiger partial charge in [-0.3, -0.25) is 10.2 Å². The number of rotatable bonds is 4. The molecule has 0 aliphatic rings. The highest BCUT2D eigenvalue weighted by atomic mass is 16.6. The van der Waals surface area contributed by atoms with Gasteiger partial charge in [0.1, 0.15) is 0 Å². The summed E-state index contributed by atoms with van der Waals surface area (Å²) in [5, 5.41) is 0. The van der Waals surface area contributed by atoms with Gasteiger partial charge in [-0.25, -0.2) is 10.2 Å². The van der Waals surface area contributed by atoms with E-state index in [0.717, 1.165) is 5.56 Å². The molecule has 0 saturated carbocycles. The molecule has 98 valence electrons. The topological polar surface area (TPSA) is 76.7 Å². The van der Waals surface area contributed by atoms with Crippen LogP contribution in [0.5, 0.6) is 0 Å². The normalized spacial score (nSPS) is 9.67. The summed E-state index contributed by atoms with van der Waals surface area (Å²) >= 11 is 0. The largest absolute Gasteiger partial charge is 0.449 e. The Hall–Kier alpha value is -2.08. The van der Waals surface area contributed by atoms with Crippen molar-refractivity contribution in [3.8, 4) is 0 Å². The Kier molecular flexibility index (Phi) is 5.66. The third-order valence-electron chi connectivity index (χ3n) is 2.12. The van der Waals surface area contributed by atoms with E-state index in [9.17, 15) is 9.59 Å². The maximum absolute atomic E-state index is 11.8. The number of benzene rings is 1. The van der Waals surface area contributed by atoms with Crippen LogP contribution in [0.1, 0.15) is 22.8 Å². The van der Waals surface area contributed by atoms with Crippen LogP contribution in [0.25, 0.3) is 0 Å². The van der Waals surface area contributed by atoms with Crippen molar-refractivity contribution in [2.75, 3.05) is 13.7 Å². The van der Waals surface area contributed by atoms with Gasteiger partial charge in [-0.1, -0.05) is 18.2 Å². The number of nitrogens with one attached hydrogen (secondary N) is 2. The fourth-order valence-corrected chi connectivity index (χ4v) is 1.37. The van der Waals surface area contributed by atoms with Crippen LogP contribution in [0.3, 0.4) is 0 Å². The van der Waals surface area contributed by atoms with E-state index in [-0.39, 0.29) is 6.61 Å². The first-order valence-corrected chi connectivity index (χ1v) is 5.49. The molecule has 0 spiro atoms. The Morgan fingerprint density at radius 3 is 2.61 bits per heavy atom. The molecule has 18 heavy (non-hydrogen) atoms. The highest BCUT2D eigenvalue weighted by Crippen LogP contribution is 2.09. The first kappa shape index (κ1) is 14.0. The average Bonchev–Trinajstić information content (AvgIpc) is 2.37. The fraction of sp³-hybridized carbons (Fsp3) is 0.333. The minimum atomic E-state index is -0.699. The number of hydrazine groups is 1. The molecule has 2 amide bonds. The maximum Gasteiger partial charge on any atom is 0.426 e. The number of ether oxygens (including phenoxy) is 2. The van der Waals surface area contributed by atoms with Gasteiger partial charge in [0.05, 0.1) is 13.2 Å². The van der Waals surface area contributed by atoms with E-state index in [0.29, 0.717) is 12.2 Å². The van der Waals surface area contributed by atoms with Gasteiger partial charge >= 0.3 is 6.09 Å². The van der Waals surface area contributed by atoms with E-state index >= 15 is 0 Å². The molecule has 0 atom stereocenters. The fourth-order valence-electron chi connectivity index (χ4n) is 1.37. The Morgan fingerprint density at radius 2 is 1.94 bits per heavy atom. The Morgan fingerprint density at radius 1 is 1.22 bits per heavy atom. The number of amides is 2. The minimum absolute atomic E-state index is 0.238. The molecule has 0 radical (unpaired) electrons. The SMILES string of the molecule is CCOC(=O)NNC(=O)c1ccccc1COC. The predicted octanol–water partition coefficient (Wildman–Crippen LogP) is 1.22. The lowest BCUT2D eigenvalue weighted by Crippen LogP contribution is -2.42. The Labute approximate surface area is 105 Å². The highest BCUT2D eigenvalue weighted by molar-refractivity contribution is 5.96. The van der Waals surface area contributed by atoms with Crippen molar-refractivity contribution in [2.24, 2.45) is 0 Å². The summed E-state index contributed by atoms with van der Waals surface area (Å²) < 4.78 is 9.61. The number of methoxy groups -OCH3 is 1. The van der Waals surface area contributed by atoms with Crippen molar-refractivity contribution in [3.05, 3.63) is 35.4 Å². The lowest BCUT2D eigenvalue weighted by Gasteiger charge is -2.10. The maximum atomic E-state index is 11.8. The molecule has 6 nitrogen and oxygen atoms in total. The van der Waals surface area contributed by atoms with Crippen LogP contribution in [0, 0.1) is 0 Å². The second-order valence-electron chi connectivity index (χ2n) is 3.39. The summed E-state index contributed by atoms with van der Waals surface area (Å²) in [6.45, 7) is 2.24. The van der Waals surface area contributed by atoms with E-state index in [4.69, 9.17) is 4.74 Å². The Bertz CT molecular complexity index is 420. The summed E-state index contributed by atoms with van der Waals surface area (Å²) in [6.07, 6.45) is -0.699. The molecule has 0 aliphatic carbocycles. The first-order valence-electron chi connectivity index (χ1n) is 5.49. The van der Waals surface area contributed by atoms with Gasteiger partial charge < -0.3 is 9.47 Å². The number of carbonyl (C=O) groups excluding carboxylic acids is 2. The monoisotopic (exact) mass is 252 g/mol. The van der Waals surface area contributed by atoms with E-state index < -0.39 is 12.0 Å². The van der Waals surface area contributed by atoms with E-state index in [1.54, 1.807) is 32.2 Å². The molecule has 0 saturated heterocycles. The molecule has 1 aromatic rings. The van der Waals surface area contributed by atoms with Gasteiger partial charge in [0.2, 0.25) is 0 Å². The number of carbonyl (C=O) groups is 2. The molecular weight excluding hydrogens is 236 g/mol. The zero-order valence-electron chi connectivity index (χ0n) is 10.4. The van der Waals surface area contributed by atoms with Crippen molar-refractivity contribution in [3.63, 3.8) is 0 Å². The summed E-state index contributed by atoms with van der Waals surface area (Å²) in [5.74, 6) is -0.421. The Balaban J connectivity index is 2.63. The van der Waals surface area contributed by atoms with Crippen molar-refractivity contribution in [2.45, 2.75) is 13.5 Å². The van der Waals surface area contributed by atoms with Gasteiger partial charge in [-0.2, -0.15) is 0 Å². The first-order chi connectivity index (χ1) is 8.69. The number of hydrogen-bond donors (Lipinski definition) is 2. The summed E-state index contributed by atoms with van der Waals surface area (Å²) in [4.78, 5) is 22.8. The van der Waals surface area contributed by atoms with Crippen LogP contribution in [0.15, 0.2) is 24.3 Å². The molecule has 0 fully saturated rings.